The van der Waals surface area contributed by atoms with Gasteiger partial charge in [-0.2, -0.15) is 0 Å². The van der Waals surface area contributed by atoms with E-state index in [2.05, 4.69) is 15.4 Å². The molecule has 0 saturated heterocycles. The molecule has 0 atom stereocenters. The largest absolute Gasteiger partial charge is 0.436 e. The van der Waals surface area contributed by atoms with Crippen LogP contribution in [0.1, 0.15) is 22.8 Å². The van der Waals surface area contributed by atoms with E-state index < -0.39 is 11.6 Å². The molecule has 1 amide bonds. The topological polar surface area (TPSA) is 108 Å². The quantitative estimate of drug-likeness (QED) is 0.379. The molecule has 9 nitrogen and oxygen atoms in total. The number of hydrogen-bond acceptors (Lipinski definition) is 6. The molecule has 3 aromatic carbocycles. The molecular formula is C26H21N5O4. The zero-order valence-electron chi connectivity index (χ0n) is 19.1. The number of benzene rings is 3. The molecule has 0 aliphatic heterocycles. The number of aryl methyl sites for hydroxylation is 1. The summed E-state index contributed by atoms with van der Waals surface area (Å²) in [5.74, 6) is 0.244. The van der Waals surface area contributed by atoms with Crippen LogP contribution in [0.15, 0.2) is 77.6 Å². The van der Waals surface area contributed by atoms with Crippen molar-refractivity contribution >= 4 is 34.1 Å². The Kier molecular flexibility index (Phi) is 5.58. The summed E-state index contributed by atoms with van der Waals surface area (Å²) >= 11 is 0. The van der Waals surface area contributed by atoms with Crippen LogP contribution in [-0.2, 0) is 11.3 Å². The first-order valence-electron chi connectivity index (χ1n) is 10.9. The van der Waals surface area contributed by atoms with Gasteiger partial charge in [0.1, 0.15) is 12.3 Å². The third-order valence-electron chi connectivity index (χ3n) is 5.54. The summed E-state index contributed by atoms with van der Waals surface area (Å²) in [7, 11) is 0. The molecule has 5 rings (SSSR count). The van der Waals surface area contributed by atoms with Gasteiger partial charge in [-0.3, -0.25) is 9.59 Å². The highest BCUT2D eigenvalue weighted by atomic mass is 16.5. The number of ether oxygens (including phenoxy) is 1. The summed E-state index contributed by atoms with van der Waals surface area (Å²) in [6, 6.07) is 21.1. The standard InChI is InChI=1S/C26H21N5O4/c1-16-7-3-6-10-22(16)35-25-24-29-30(26(34)31(24)21-9-5-4-8-20(21)28-25)15-23(33)27-19-13-11-18(12-14-19)17(2)32/h3-14H,15H2,1-2H3,(H,27,33). The Morgan fingerprint density at radius 3 is 2.43 bits per heavy atom. The molecule has 0 aliphatic rings. The number of hydrogen-bond donors (Lipinski definition) is 1. The summed E-state index contributed by atoms with van der Waals surface area (Å²) in [6.45, 7) is 3.07. The Morgan fingerprint density at radius 2 is 1.69 bits per heavy atom. The monoisotopic (exact) mass is 467 g/mol. The summed E-state index contributed by atoms with van der Waals surface area (Å²) in [5, 5.41) is 7.10. The molecule has 0 unspecified atom stereocenters. The summed E-state index contributed by atoms with van der Waals surface area (Å²) < 4.78 is 8.53. The Hall–Kier alpha value is -4.79. The fraction of sp³-hybridized carbons (Fsp3) is 0.115. The summed E-state index contributed by atoms with van der Waals surface area (Å²) in [5.41, 5.74) is 2.77. The highest BCUT2D eigenvalue weighted by molar-refractivity contribution is 5.95. The lowest BCUT2D eigenvalue weighted by Crippen LogP contribution is -2.28. The van der Waals surface area contributed by atoms with Crippen molar-refractivity contribution in [1.82, 2.24) is 19.2 Å². The van der Waals surface area contributed by atoms with E-state index in [0.29, 0.717) is 28.0 Å². The molecular weight excluding hydrogens is 446 g/mol. The number of ketones is 1. The van der Waals surface area contributed by atoms with Crippen LogP contribution in [0.2, 0.25) is 0 Å². The first-order valence-corrected chi connectivity index (χ1v) is 10.9. The fourth-order valence-corrected chi connectivity index (χ4v) is 3.74. The van der Waals surface area contributed by atoms with Crippen molar-refractivity contribution in [2.75, 3.05) is 5.32 Å². The third kappa shape index (κ3) is 4.26. The molecule has 0 aliphatic carbocycles. The molecule has 1 N–H and O–H groups in total. The number of amides is 1. The van der Waals surface area contributed by atoms with Gasteiger partial charge in [0.25, 0.3) is 5.88 Å². The number of aromatic nitrogens is 4. The minimum atomic E-state index is -0.490. The average Bonchev–Trinajstić information content (AvgIpc) is 3.17. The SMILES string of the molecule is CC(=O)c1ccc(NC(=O)Cn2nc3c(Oc4ccccc4C)nc4ccccc4n3c2=O)cc1. The second kappa shape index (κ2) is 8.86. The highest BCUT2D eigenvalue weighted by Gasteiger charge is 2.19. The molecule has 0 saturated carbocycles. The van der Waals surface area contributed by atoms with E-state index in [0.717, 1.165) is 10.2 Å². The van der Waals surface area contributed by atoms with Crippen molar-refractivity contribution in [3.63, 3.8) is 0 Å². The van der Waals surface area contributed by atoms with Crippen molar-refractivity contribution in [1.29, 1.82) is 0 Å². The maximum Gasteiger partial charge on any atom is 0.351 e. The maximum atomic E-state index is 13.3. The van der Waals surface area contributed by atoms with Crippen molar-refractivity contribution in [2.45, 2.75) is 20.4 Å². The van der Waals surface area contributed by atoms with Crippen LogP contribution in [0, 0.1) is 6.92 Å². The zero-order chi connectivity index (χ0) is 24.5. The summed E-state index contributed by atoms with van der Waals surface area (Å²) in [6.07, 6.45) is 0. The predicted octanol–water partition coefficient (Wildman–Crippen LogP) is 3.99. The number of nitrogens with one attached hydrogen (secondary N) is 1. The first kappa shape index (κ1) is 22.0. The molecule has 174 valence electrons. The van der Waals surface area contributed by atoms with Crippen LogP contribution in [0.5, 0.6) is 11.6 Å². The fourth-order valence-electron chi connectivity index (χ4n) is 3.74. The number of carbonyl (C=O) groups is 2. The smallest absolute Gasteiger partial charge is 0.351 e. The van der Waals surface area contributed by atoms with E-state index in [1.165, 1.54) is 11.3 Å². The minimum absolute atomic E-state index is 0.0660. The molecule has 0 bridgehead atoms. The number of nitrogens with zero attached hydrogens (tertiary/aromatic N) is 4. The van der Waals surface area contributed by atoms with Gasteiger partial charge in [-0.25, -0.2) is 18.9 Å². The lowest BCUT2D eigenvalue weighted by atomic mass is 10.1. The number of para-hydroxylation sites is 3. The van der Waals surface area contributed by atoms with Crippen LogP contribution in [-0.4, -0.2) is 30.9 Å². The van der Waals surface area contributed by atoms with Gasteiger partial charge < -0.3 is 10.1 Å². The first-order chi connectivity index (χ1) is 16.9. The van der Waals surface area contributed by atoms with Gasteiger partial charge in [-0.15, -0.1) is 5.10 Å². The van der Waals surface area contributed by atoms with Crippen molar-refractivity contribution in [3.05, 3.63) is 94.4 Å². The molecule has 0 spiro atoms. The van der Waals surface area contributed by atoms with Crippen LogP contribution in [0.3, 0.4) is 0 Å². The number of carbonyl (C=O) groups excluding carboxylic acids is 2. The number of anilines is 1. The molecule has 5 aromatic rings. The van der Waals surface area contributed by atoms with Gasteiger partial charge in [0.2, 0.25) is 11.6 Å². The van der Waals surface area contributed by atoms with E-state index in [1.54, 1.807) is 42.5 Å². The molecule has 2 aromatic heterocycles. The molecule has 0 fully saturated rings. The highest BCUT2D eigenvalue weighted by Crippen LogP contribution is 2.28. The Labute approximate surface area is 199 Å². The van der Waals surface area contributed by atoms with E-state index in [4.69, 9.17) is 4.74 Å². The minimum Gasteiger partial charge on any atom is -0.436 e. The van der Waals surface area contributed by atoms with Crippen molar-refractivity contribution in [3.8, 4) is 11.6 Å². The van der Waals surface area contributed by atoms with Gasteiger partial charge in [0.05, 0.1) is 11.0 Å². The zero-order valence-corrected chi connectivity index (χ0v) is 19.1. The van der Waals surface area contributed by atoms with Crippen LogP contribution in [0.25, 0.3) is 16.7 Å². The maximum absolute atomic E-state index is 13.3. The normalized spacial score (nSPS) is 11.0. The van der Waals surface area contributed by atoms with E-state index in [9.17, 15) is 14.4 Å². The van der Waals surface area contributed by atoms with Gasteiger partial charge >= 0.3 is 5.69 Å². The molecule has 9 heteroatoms. The van der Waals surface area contributed by atoms with E-state index >= 15 is 0 Å². The lowest BCUT2D eigenvalue weighted by Gasteiger charge is -2.09. The molecule has 35 heavy (non-hydrogen) atoms. The number of rotatable bonds is 6. The second-order valence-corrected chi connectivity index (χ2v) is 8.05. The van der Waals surface area contributed by atoms with Gasteiger partial charge in [0.15, 0.2) is 5.78 Å². The molecule has 2 heterocycles. The average molecular weight is 467 g/mol. The second-order valence-electron chi connectivity index (χ2n) is 8.05. The Bertz CT molecular complexity index is 1650. The number of Topliss-reactive ketones (excluding diaryl/α,β-unsaturated/α-hetero) is 1. The van der Waals surface area contributed by atoms with Gasteiger partial charge in [-0.05, 0) is 61.9 Å². The van der Waals surface area contributed by atoms with Crippen LogP contribution >= 0.6 is 0 Å². The number of fused-ring (bicyclic) bond motifs is 3. The predicted molar refractivity (Wildman–Crippen MR) is 131 cm³/mol. The van der Waals surface area contributed by atoms with Gasteiger partial charge in [0, 0.05) is 11.3 Å². The Morgan fingerprint density at radius 1 is 0.971 bits per heavy atom. The van der Waals surface area contributed by atoms with Crippen LogP contribution in [0.4, 0.5) is 5.69 Å². The van der Waals surface area contributed by atoms with Crippen molar-refractivity contribution < 1.29 is 14.3 Å². The third-order valence-corrected chi connectivity index (χ3v) is 5.54. The van der Waals surface area contributed by atoms with Crippen LogP contribution < -0.4 is 15.7 Å². The van der Waals surface area contributed by atoms with E-state index in [-0.39, 0.29) is 23.9 Å². The lowest BCUT2D eigenvalue weighted by molar-refractivity contribution is -0.117. The summed E-state index contributed by atoms with van der Waals surface area (Å²) in [4.78, 5) is 42.0. The Balaban J connectivity index is 1.52. The molecule has 0 radical (unpaired) electrons. The van der Waals surface area contributed by atoms with E-state index in [1.807, 2.05) is 37.3 Å². The van der Waals surface area contributed by atoms with Crippen molar-refractivity contribution in [2.24, 2.45) is 0 Å². The van der Waals surface area contributed by atoms with Gasteiger partial charge in [-0.1, -0.05) is 30.3 Å².